The molecule has 0 N–H and O–H groups in total. The molecule has 0 saturated heterocycles. The average Bonchev–Trinajstić information content (AvgIpc) is 2.56. The highest BCUT2D eigenvalue weighted by Crippen LogP contribution is 2.56. The fraction of sp³-hybridized carbons (Fsp3) is 0.650. The van der Waals surface area contributed by atoms with E-state index in [4.69, 9.17) is 5.26 Å². The summed E-state index contributed by atoms with van der Waals surface area (Å²) in [5.74, 6) is 1.88. The van der Waals surface area contributed by atoms with E-state index < -0.39 is 0 Å². The van der Waals surface area contributed by atoms with Crippen molar-refractivity contribution in [2.45, 2.75) is 70.1 Å². The monoisotopic (exact) mass is 281 g/mol. The van der Waals surface area contributed by atoms with Crippen LogP contribution in [-0.2, 0) is 5.41 Å². The Kier molecular flexibility index (Phi) is 4.34. The number of hydrogen-bond donors (Lipinski definition) is 0. The molecule has 1 heteroatoms. The second-order valence-corrected chi connectivity index (χ2v) is 7.22. The highest BCUT2D eigenvalue weighted by Gasteiger charge is 2.47. The van der Waals surface area contributed by atoms with Gasteiger partial charge in [-0.3, -0.25) is 0 Å². The zero-order valence-corrected chi connectivity index (χ0v) is 13.3. The molecule has 2 bridgehead atoms. The van der Waals surface area contributed by atoms with Crippen LogP contribution in [0.5, 0.6) is 0 Å². The van der Waals surface area contributed by atoms with Gasteiger partial charge in [-0.25, -0.2) is 0 Å². The predicted octanol–water partition coefficient (Wildman–Crippen LogP) is 5.59. The van der Waals surface area contributed by atoms with E-state index in [1.807, 2.05) is 12.1 Å². The van der Waals surface area contributed by atoms with Crippen molar-refractivity contribution < 1.29 is 0 Å². The third-order valence-corrected chi connectivity index (χ3v) is 6.14. The summed E-state index contributed by atoms with van der Waals surface area (Å²) >= 11 is 0. The molecule has 0 radical (unpaired) electrons. The SMILES string of the molecule is CCCCCC1CC2CCC1(c1ccc(C#N)cc1)CC2. The molecule has 1 atom stereocenters. The van der Waals surface area contributed by atoms with Gasteiger partial charge in [0.05, 0.1) is 11.6 Å². The van der Waals surface area contributed by atoms with E-state index >= 15 is 0 Å². The molecule has 4 rings (SSSR count). The van der Waals surface area contributed by atoms with Gasteiger partial charge in [-0.05, 0) is 73.5 Å². The Morgan fingerprint density at radius 2 is 1.86 bits per heavy atom. The Hall–Kier alpha value is -1.29. The minimum absolute atomic E-state index is 0.427. The third kappa shape index (κ3) is 2.73. The fourth-order valence-corrected chi connectivity index (χ4v) is 4.90. The normalized spacial score (nSPS) is 31.0. The van der Waals surface area contributed by atoms with Gasteiger partial charge in [0, 0.05) is 0 Å². The van der Waals surface area contributed by atoms with Crippen LogP contribution in [0.15, 0.2) is 24.3 Å². The lowest BCUT2D eigenvalue weighted by Crippen LogP contribution is -2.45. The Labute approximate surface area is 129 Å². The molecule has 21 heavy (non-hydrogen) atoms. The quantitative estimate of drug-likeness (QED) is 0.646. The number of rotatable bonds is 5. The Morgan fingerprint density at radius 3 is 2.48 bits per heavy atom. The van der Waals surface area contributed by atoms with Gasteiger partial charge in [-0.1, -0.05) is 38.3 Å². The van der Waals surface area contributed by atoms with Gasteiger partial charge in [0.1, 0.15) is 0 Å². The van der Waals surface area contributed by atoms with Crippen LogP contribution in [0, 0.1) is 23.2 Å². The van der Waals surface area contributed by atoms with E-state index in [1.54, 1.807) is 0 Å². The van der Waals surface area contributed by atoms with Gasteiger partial charge in [-0.15, -0.1) is 0 Å². The summed E-state index contributed by atoms with van der Waals surface area (Å²) in [5, 5.41) is 9.01. The van der Waals surface area contributed by atoms with Crippen LogP contribution in [0.25, 0.3) is 0 Å². The molecule has 0 spiro atoms. The topological polar surface area (TPSA) is 23.8 Å². The first-order valence-electron chi connectivity index (χ1n) is 8.79. The Balaban J connectivity index is 1.84. The largest absolute Gasteiger partial charge is 0.192 e. The summed E-state index contributed by atoms with van der Waals surface area (Å²) in [6.45, 7) is 2.30. The van der Waals surface area contributed by atoms with Gasteiger partial charge in [0.2, 0.25) is 0 Å². The summed E-state index contributed by atoms with van der Waals surface area (Å²) in [6, 6.07) is 10.8. The van der Waals surface area contributed by atoms with Crippen molar-refractivity contribution in [2.24, 2.45) is 11.8 Å². The van der Waals surface area contributed by atoms with Crippen molar-refractivity contribution in [3.8, 4) is 6.07 Å². The lowest BCUT2D eigenvalue weighted by atomic mass is 9.52. The van der Waals surface area contributed by atoms with Crippen molar-refractivity contribution in [3.63, 3.8) is 0 Å². The molecule has 3 aliphatic carbocycles. The average molecular weight is 281 g/mol. The summed E-state index contributed by atoms with van der Waals surface area (Å²) < 4.78 is 0. The molecule has 1 nitrogen and oxygen atoms in total. The molecule has 3 aliphatic rings. The fourth-order valence-electron chi connectivity index (χ4n) is 4.90. The second-order valence-electron chi connectivity index (χ2n) is 7.22. The molecular weight excluding hydrogens is 254 g/mol. The zero-order chi connectivity index (χ0) is 14.7. The molecule has 0 amide bonds. The van der Waals surface area contributed by atoms with E-state index in [1.165, 1.54) is 63.4 Å². The molecule has 3 fully saturated rings. The van der Waals surface area contributed by atoms with Gasteiger partial charge in [0.15, 0.2) is 0 Å². The van der Waals surface area contributed by atoms with Crippen molar-refractivity contribution in [1.82, 2.24) is 0 Å². The summed E-state index contributed by atoms with van der Waals surface area (Å²) in [5.41, 5.74) is 2.74. The van der Waals surface area contributed by atoms with Gasteiger partial charge in [0.25, 0.3) is 0 Å². The van der Waals surface area contributed by atoms with E-state index in [9.17, 15) is 0 Å². The smallest absolute Gasteiger partial charge is 0.0991 e. The standard InChI is InChI=1S/C20H27N/c1-2-3-4-5-19-14-16-10-12-20(19,13-11-16)18-8-6-17(15-21)7-9-18/h6-9,16,19H,2-5,10-14H2,1H3. The third-order valence-electron chi connectivity index (χ3n) is 6.14. The van der Waals surface area contributed by atoms with Crippen LogP contribution in [-0.4, -0.2) is 0 Å². The van der Waals surface area contributed by atoms with Gasteiger partial charge < -0.3 is 0 Å². The number of nitriles is 1. The van der Waals surface area contributed by atoms with Gasteiger partial charge in [-0.2, -0.15) is 5.26 Å². The zero-order valence-electron chi connectivity index (χ0n) is 13.3. The van der Waals surface area contributed by atoms with Crippen LogP contribution in [0.1, 0.15) is 75.8 Å². The van der Waals surface area contributed by atoms with Crippen LogP contribution < -0.4 is 0 Å². The highest BCUT2D eigenvalue weighted by molar-refractivity contribution is 5.36. The number of hydrogen-bond acceptors (Lipinski definition) is 1. The molecular formula is C20H27N. The molecule has 1 aromatic rings. The van der Waals surface area contributed by atoms with Crippen LogP contribution in [0.4, 0.5) is 0 Å². The maximum atomic E-state index is 9.01. The maximum Gasteiger partial charge on any atom is 0.0991 e. The van der Waals surface area contributed by atoms with E-state index in [0.717, 1.165) is 17.4 Å². The predicted molar refractivity (Wildman–Crippen MR) is 87.0 cm³/mol. The molecule has 1 aromatic carbocycles. The van der Waals surface area contributed by atoms with E-state index in [0.29, 0.717) is 5.41 Å². The van der Waals surface area contributed by atoms with E-state index in [2.05, 4.69) is 25.1 Å². The molecule has 3 saturated carbocycles. The number of fused-ring (bicyclic) bond motifs is 3. The van der Waals surface area contributed by atoms with Crippen LogP contribution in [0.2, 0.25) is 0 Å². The number of unbranched alkanes of at least 4 members (excludes halogenated alkanes) is 2. The minimum Gasteiger partial charge on any atom is -0.192 e. The Bertz CT molecular complexity index is 500. The van der Waals surface area contributed by atoms with Crippen LogP contribution >= 0.6 is 0 Å². The lowest BCUT2D eigenvalue weighted by Gasteiger charge is -2.53. The summed E-state index contributed by atoms with van der Waals surface area (Å²) in [6.07, 6.45) is 12.5. The van der Waals surface area contributed by atoms with E-state index in [-0.39, 0.29) is 0 Å². The Morgan fingerprint density at radius 1 is 1.14 bits per heavy atom. The van der Waals surface area contributed by atoms with Crippen molar-refractivity contribution in [3.05, 3.63) is 35.4 Å². The first-order valence-corrected chi connectivity index (χ1v) is 8.79. The maximum absolute atomic E-state index is 9.01. The van der Waals surface area contributed by atoms with Crippen LogP contribution in [0.3, 0.4) is 0 Å². The molecule has 0 aliphatic heterocycles. The molecule has 0 aromatic heterocycles. The number of nitrogens with zero attached hydrogens (tertiary/aromatic N) is 1. The summed E-state index contributed by atoms with van der Waals surface area (Å²) in [4.78, 5) is 0. The molecule has 1 unspecified atom stereocenters. The molecule has 112 valence electrons. The first-order chi connectivity index (χ1) is 10.3. The second kappa shape index (κ2) is 6.22. The molecule has 0 heterocycles. The lowest BCUT2D eigenvalue weighted by molar-refractivity contribution is 0.0540. The summed E-state index contributed by atoms with van der Waals surface area (Å²) in [7, 11) is 0. The van der Waals surface area contributed by atoms with Crippen molar-refractivity contribution >= 4 is 0 Å². The van der Waals surface area contributed by atoms with Gasteiger partial charge >= 0.3 is 0 Å². The minimum atomic E-state index is 0.427. The van der Waals surface area contributed by atoms with Crippen molar-refractivity contribution in [1.29, 1.82) is 5.26 Å². The number of benzene rings is 1. The first kappa shape index (κ1) is 14.6. The highest BCUT2D eigenvalue weighted by atomic mass is 14.5. The van der Waals surface area contributed by atoms with Crippen molar-refractivity contribution in [2.75, 3.05) is 0 Å².